The van der Waals surface area contributed by atoms with Crippen LogP contribution < -0.4 is 5.32 Å². The molecular formula is C64H117NO18. The second-order valence-electron chi connectivity index (χ2n) is 23.6. The van der Waals surface area contributed by atoms with Crippen LogP contribution in [0.1, 0.15) is 232 Å². The van der Waals surface area contributed by atoms with Crippen molar-refractivity contribution in [3.05, 3.63) is 36.5 Å². The molecular weight excluding hydrogens is 1070 g/mol. The summed E-state index contributed by atoms with van der Waals surface area (Å²) in [6.07, 6.45) is 25.6. The van der Waals surface area contributed by atoms with Gasteiger partial charge in [0.1, 0.15) is 73.2 Å². The average molecular weight is 1190 g/mol. The molecule has 0 aliphatic carbocycles. The van der Waals surface area contributed by atoms with E-state index in [9.17, 15) is 61.0 Å². The summed E-state index contributed by atoms with van der Waals surface area (Å²) in [5, 5.41) is 120. The van der Waals surface area contributed by atoms with Crippen molar-refractivity contribution in [1.29, 1.82) is 0 Å². The second-order valence-corrected chi connectivity index (χ2v) is 23.6. The summed E-state index contributed by atoms with van der Waals surface area (Å²) in [6.45, 7) is 1.70. The Morgan fingerprint density at radius 3 is 1.20 bits per heavy atom. The van der Waals surface area contributed by atoms with E-state index >= 15 is 0 Å². The molecule has 17 unspecified atom stereocenters. The Bertz CT molecular complexity index is 1660. The zero-order valence-corrected chi connectivity index (χ0v) is 50.9. The van der Waals surface area contributed by atoms with E-state index < -0.39 is 124 Å². The van der Waals surface area contributed by atoms with Crippen molar-refractivity contribution >= 4 is 5.91 Å². The molecule has 3 fully saturated rings. The molecule has 486 valence electrons. The van der Waals surface area contributed by atoms with Crippen molar-refractivity contribution in [2.45, 2.75) is 336 Å². The molecule has 3 aliphatic rings. The van der Waals surface area contributed by atoms with Crippen molar-refractivity contribution in [3.63, 3.8) is 0 Å². The lowest BCUT2D eigenvalue weighted by molar-refractivity contribution is -0.379. The zero-order valence-electron chi connectivity index (χ0n) is 50.9. The Morgan fingerprint density at radius 1 is 0.422 bits per heavy atom. The van der Waals surface area contributed by atoms with E-state index in [0.29, 0.717) is 12.8 Å². The maximum absolute atomic E-state index is 13.4. The maximum Gasteiger partial charge on any atom is 0.220 e. The molecule has 3 aliphatic heterocycles. The molecule has 1 amide bonds. The minimum absolute atomic E-state index is 0.237. The number of allylic oxidation sites excluding steroid dienone is 5. The summed E-state index contributed by atoms with van der Waals surface area (Å²) in [7, 11) is 0. The Balaban J connectivity index is 1.44. The number of ether oxygens (including phenoxy) is 6. The molecule has 3 rings (SSSR count). The van der Waals surface area contributed by atoms with Gasteiger partial charge in [0.25, 0.3) is 0 Å². The fourth-order valence-corrected chi connectivity index (χ4v) is 11.0. The predicted octanol–water partition coefficient (Wildman–Crippen LogP) is 7.27. The summed E-state index contributed by atoms with van der Waals surface area (Å²) in [6, 6.07) is -0.988. The van der Waals surface area contributed by atoms with Gasteiger partial charge in [-0.3, -0.25) is 4.79 Å². The Labute approximate surface area is 498 Å². The first kappa shape index (κ1) is 75.3. The summed E-state index contributed by atoms with van der Waals surface area (Å²) in [5.74, 6) is -0.285. The molecule has 19 nitrogen and oxygen atoms in total. The fourth-order valence-electron chi connectivity index (χ4n) is 11.0. The van der Waals surface area contributed by atoms with Gasteiger partial charge >= 0.3 is 0 Å². The van der Waals surface area contributed by atoms with Crippen LogP contribution in [0.5, 0.6) is 0 Å². The summed E-state index contributed by atoms with van der Waals surface area (Å²) in [5.41, 5.74) is 0. The van der Waals surface area contributed by atoms with Crippen molar-refractivity contribution in [3.8, 4) is 0 Å². The van der Waals surface area contributed by atoms with Crippen LogP contribution in [0.2, 0.25) is 0 Å². The number of aliphatic hydroxyl groups excluding tert-OH is 11. The number of amides is 1. The third-order valence-electron chi connectivity index (χ3n) is 16.4. The first-order chi connectivity index (χ1) is 40.3. The standard InChI is InChI=1S/C64H117NO18/c1-3-5-7-9-11-13-15-17-18-19-20-21-22-23-24-25-26-27-28-30-32-34-36-38-40-42-52(70)65-47(48(69)41-39-37-35-33-31-29-16-14-12-10-8-6-4-2)46-78-62-58(76)55(73)60(50(44-67)80-62)83-64-59(77)56(74)61(51(45-68)81-64)82-63-57(75)54(72)53(71)49(43-66)79-63/h19-20,31,33,39,41,47-51,53-64,66-69,71-77H,3-18,21-30,32,34-38,40,42-46H2,1-2H3,(H,65,70)/b20-19-,33-31+,41-39+. The average Bonchev–Trinajstić information content (AvgIpc) is 3.31. The number of rotatable bonds is 49. The highest BCUT2D eigenvalue weighted by molar-refractivity contribution is 5.76. The highest BCUT2D eigenvalue weighted by Gasteiger charge is 2.53. The van der Waals surface area contributed by atoms with Gasteiger partial charge in [-0.25, -0.2) is 0 Å². The SMILES string of the molecule is CCCCCCCCC/C=C/CC/C=C/C(O)C(COC1OC(CO)C(OC2OC(CO)C(OC3OC(CO)C(O)C(O)C3O)C(O)C2O)C(O)C1O)NC(=O)CCCCCCCCCCCCCCC/C=C\CCCCCCCCCC. The van der Waals surface area contributed by atoms with Crippen LogP contribution in [-0.4, -0.2) is 193 Å². The molecule has 12 N–H and O–H groups in total. The number of nitrogens with one attached hydrogen (secondary N) is 1. The van der Waals surface area contributed by atoms with Gasteiger partial charge in [0.05, 0.1) is 38.6 Å². The lowest BCUT2D eigenvalue weighted by Gasteiger charge is -2.48. The van der Waals surface area contributed by atoms with Gasteiger partial charge in [0.15, 0.2) is 18.9 Å². The van der Waals surface area contributed by atoms with E-state index in [1.54, 1.807) is 6.08 Å². The van der Waals surface area contributed by atoms with Gasteiger partial charge in [-0.15, -0.1) is 0 Å². The van der Waals surface area contributed by atoms with Crippen molar-refractivity contribution in [1.82, 2.24) is 5.32 Å². The van der Waals surface area contributed by atoms with Gasteiger partial charge in [0, 0.05) is 6.42 Å². The molecule has 83 heavy (non-hydrogen) atoms. The Hall–Kier alpha value is -1.99. The highest BCUT2D eigenvalue weighted by atomic mass is 16.8. The van der Waals surface area contributed by atoms with E-state index in [2.05, 4.69) is 43.5 Å². The number of hydrogen-bond acceptors (Lipinski definition) is 18. The van der Waals surface area contributed by atoms with Crippen LogP contribution in [0.25, 0.3) is 0 Å². The molecule has 0 aromatic rings. The third-order valence-corrected chi connectivity index (χ3v) is 16.4. The fraction of sp³-hybridized carbons (Fsp3) is 0.891. The van der Waals surface area contributed by atoms with Crippen LogP contribution in [0.15, 0.2) is 36.5 Å². The highest BCUT2D eigenvalue weighted by Crippen LogP contribution is 2.33. The number of carbonyl (C=O) groups excluding carboxylic acids is 1. The van der Waals surface area contributed by atoms with E-state index in [1.807, 2.05) is 6.08 Å². The molecule has 0 bridgehead atoms. The van der Waals surface area contributed by atoms with Gasteiger partial charge in [-0.2, -0.15) is 0 Å². The zero-order chi connectivity index (χ0) is 60.5. The molecule has 0 radical (unpaired) electrons. The number of unbranched alkanes of at least 4 members (excludes halogenated alkanes) is 29. The molecule has 3 saturated heterocycles. The maximum atomic E-state index is 13.4. The lowest BCUT2D eigenvalue weighted by atomic mass is 9.96. The van der Waals surface area contributed by atoms with Crippen molar-refractivity contribution < 1.29 is 89.4 Å². The number of aliphatic hydroxyl groups is 11. The summed E-state index contributed by atoms with van der Waals surface area (Å²) >= 11 is 0. The van der Waals surface area contributed by atoms with Crippen LogP contribution in [0.3, 0.4) is 0 Å². The minimum atomic E-state index is -1.98. The van der Waals surface area contributed by atoms with Gasteiger partial charge < -0.3 is 89.9 Å². The predicted molar refractivity (Wildman–Crippen MR) is 319 cm³/mol. The molecule has 3 heterocycles. The normalized spacial score (nSPS) is 29.6. The van der Waals surface area contributed by atoms with Gasteiger partial charge in [-0.05, 0) is 57.8 Å². The van der Waals surface area contributed by atoms with Crippen LogP contribution in [0.4, 0.5) is 0 Å². The van der Waals surface area contributed by atoms with Crippen molar-refractivity contribution in [2.24, 2.45) is 0 Å². The first-order valence-corrected chi connectivity index (χ1v) is 32.7. The Kier molecular flexibility index (Phi) is 42.7. The Morgan fingerprint density at radius 2 is 0.771 bits per heavy atom. The quantitative estimate of drug-likeness (QED) is 0.0211. The molecule has 19 heteroatoms. The van der Waals surface area contributed by atoms with E-state index in [4.69, 9.17) is 28.4 Å². The molecule has 17 atom stereocenters. The lowest BCUT2D eigenvalue weighted by Crippen LogP contribution is -2.66. The van der Waals surface area contributed by atoms with E-state index in [-0.39, 0.29) is 18.9 Å². The van der Waals surface area contributed by atoms with E-state index in [1.165, 1.54) is 161 Å². The van der Waals surface area contributed by atoms with Crippen LogP contribution in [0, 0.1) is 0 Å². The first-order valence-electron chi connectivity index (χ1n) is 32.7. The molecule has 0 spiro atoms. The second kappa shape index (κ2) is 47.1. The molecule has 0 aromatic carbocycles. The minimum Gasteiger partial charge on any atom is -0.394 e. The monoisotopic (exact) mass is 1190 g/mol. The van der Waals surface area contributed by atoms with Gasteiger partial charge in [0.2, 0.25) is 5.91 Å². The van der Waals surface area contributed by atoms with Crippen LogP contribution >= 0.6 is 0 Å². The van der Waals surface area contributed by atoms with E-state index in [0.717, 1.165) is 38.5 Å². The van der Waals surface area contributed by atoms with Crippen LogP contribution in [-0.2, 0) is 33.2 Å². The number of carbonyl (C=O) groups is 1. The van der Waals surface area contributed by atoms with Crippen molar-refractivity contribution in [2.75, 3.05) is 26.4 Å². The molecule has 0 aromatic heterocycles. The molecule has 0 saturated carbocycles. The largest absolute Gasteiger partial charge is 0.394 e. The summed E-state index contributed by atoms with van der Waals surface area (Å²) in [4.78, 5) is 13.4. The smallest absolute Gasteiger partial charge is 0.220 e. The topological polar surface area (TPSA) is 307 Å². The van der Waals surface area contributed by atoms with Gasteiger partial charge in [-0.1, -0.05) is 204 Å². The third kappa shape index (κ3) is 30.2. The summed E-state index contributed by atoms with van der Waals surface area (Å²) < 4.78 is 34.2. The number of hydrogen-bond donors (Lipinski definition) is 12.